The quantitative estimate of drug-likeness (QED) is 0.317. The second-order valence-electron chi connectivity index (χ2n) is 10.8. The maximum Gasteiger partial charge on any atom is 0.424 e. The lowest BCUT2D eigenvalue weighted by Gasteiger charge is -2.32. The maximum absolute atomic E-state index is 14.6. The molecule has 3 N–H and O–H groups in total. The second-order valence-corrected chi connectivity index (χ2v) is 10.8. The van der Waals surface area contributed by atoms with Gasteiger partial charge in [0.25, 0.3) is 5.91 Å². The molecule has 41 heavy (non-hydrogen) atoms. The molecular formula is C30H31F4N3O4. The SMILES string of the molecule is COc1cc(C(=O)NCC(O)(c2cc(C3(C)CCNC3)cc(-c3ccc(F)cc3)n2)C(F)(F)F)ccc1OC1CC1. The molecule has 2 aromatic carbocycles. The van der Waals surface area contributed by atoms with Gasteiger partial charge in [0, 0.05) is 23.1 Å². The predicted molar refractivity (Wildman–Crippen MR) is 143 cm³/mol. The number of amides is 1. The van der Waals surface area contributed by atoms with Gasteiger partial charge in [-0.05, 0) is 86.0 Å². The van der Waals surface area contributed by atoms with E-state index >= 15 is 0 Å². The lowest BCUT2D eigenvalue weighted by molar-refractivity contribution is -0.265. The highest BCUT2D eigenvalue weighted by molar-refractivity contribution is 5.95. The zero-order valence-corrected chi connectivity index (χ0v) is 22.6. The van der Waals surface area contributed by atoms with Crippen molar-refractivity contribution >= 4 is 5.91 Å². The van der Waals surface area contributed by atoms with Crippen molar-refractivity contribution in [1.29, 1.82) is 0 Å². The minimum atomic E-state index is -5.19. The Balaban J connectivity index is 1.48. The van der Waals surface area contributed by atoms with E-state index in [2.05, 4.69) is 15.6 Å². The zero-order chi connectivity index (χ0) is 29.4. The molecule has 2 atom stereocenters. The molecule has 218 valence electrons. The highest BCUT2D eigenvalue weighted by Gasteiger charge is 2.57. The van der Waals surface area contributed by atoms with Crippen molar-refractivity contribution in [2.24, 2.45) is 0 Å². The van der Waals surface area contributed by atoms with Crippen LogP contribution in [0.5, 0.6) is 11.5 Å². The first-order valence-corrected chi connectivity index (χ1v) is 13.3. The van der Waals surface area contributed by atoms with Crippen LogP contribution in [-0.4, -0.2) is 55.0 Å². The highest BCUT2D eigenvalue weighted by atomic mass is 19.4. The van der Waals surface area contributed by atoms with Crippen molar-refractivity contribution < 1.29 is 36.9 Å². The van der Waals surface area contributed by atoms with Crippen molar-refractivity contribution in [3.05, 3.63) is 77.2 Å². The summed E-state index contributed by atoms with van der Waals surface area (Å²) >= 11 is 0. The molecule has 7 nitrogen and oxygen atoms in total. The van der Waals surface area contributed by atoms with E-state index in [-0.39, 0.29) is 23.1 Å². The van der Waals surface area contributed by atoms with E-state index in [1.54, 1.807) is 6.07 Å². The number of alkyl halides is 3. The molecule has 1 aromatic heterocycles. The van der Waals surface area contributed by atoms with Gasteiger partial charge in [0.05, 0.1) is 31.1 Å². The molecule has 1 saturated carbocycles. The Morgan fingerprint density at radius 3 is 2.46 bits per heavy atom. The van der Waals surface area contributed by atoms with Gasteiger partial charge in [0.2, 0.25) is 5.60 Å². The van der Waals surface area contributed by atoms with Crippen LogP contribution in [0.25, 0.3) is 11.3 Å². The number of nitrogens with zero attached hydrogens (tertiary/aromatic N) is 1. The minimum absolute atomic E-state index is 0.0350. The largest absolute Gasteiger partial charge is 0.493 e. The smallest absolute Gasteiger partial charge is 0.424 e. The molecule has 2 unspecified atom stereocenters. The number of rotatable bonds is 9. The number of methoxy groups -OCH3 is 1. The van der Waals surface area contributed by atoms with E-state index in [0.717, 1.165) is 12.8 Å². The van der Waals surface area contributed by atoms with E-state index in [1.165, 1.54) is 55.6 Å². The third kappa shape index (κ3) is 6.01. The molecule has 0 radical (unpaired) electrons. The maximum atomic E-state index is 14.6. The first-order valence-electron chi connectivity index (χ1n) is 13.3. The third-order valence-corrected chi connectivity index (χ3v) is 7.67. The van der Waals surface area contributed by atoms with Crippen molar-refractivity contribution in [3.8, 4) is 22.8 Å². The summed E-state index contributed by atoms with van der Waals surface area (Å²) < 4.78 is 68.4. The van der Waals surface area contributed by atoms with Crippen LogP contribution in [0.1, 0.15) is 47.8 Å². The Hall–Kier alpha value is -3.70. The topological polar surface area (TPSA) is 92.7 Å². The summed E-state index contributed by atoms with van der Waals surface area (Å²) in [6.45, 7) is 1.92. The van der Waals surface area contributed by atoms with E-state index < -0.39 is 41.2 Å². The van der Waals surface area contributed by atoms with Crippen molar-refractivity contribution in [1.82, 2.24) is 15.6 Å². The van der Waals surface area contributed by atoms with E-state index in [4.69, 9.17) is 9.47 Å². The number of carbonyl (C=O) groups is 1. The van der Waals surface area contributed by atoms with Gasteiger partial charge in [-0.15, -0.1) is 0 Å². The number of pyridine rings is 1. The fraction of sp³-hybridized carbons (Fsp3) is 0.400. The van der Waals surface area contributed by atoms with Gasteiger partial charge in [-0.25, -0.2) is 9.37 Å². The Bertz CT molecular complexity index is 1420. The highest BCUT2D eigenvalue weighted by Crippen LogP contribution is 2.41. The fourth-order valence-electron chi connectivity index (χ4n) is 4.84. The van der Waals surface area contributed by atoms with Crippen molar-refractivity contribution in [2.45, 2.75) is 49.5 Å². The number of nitrogens with one attached hydrogen (secondary N) is 2. The number of aromatic nitrogens is 1. The first kappa shape index (κ1) is 28.8. The summed E-state index contributed by atoms with van der Waals surface area (Å²) in [7, 11) is 1.40. The molecule has 1 amide bonds. The van der Waals surface area contributed by atoms with E-state index in [1.807, 2.05) is 6.92 Å². The lowest BCUT2D eigenvalue weighted by atomic mass is 9.80. The Kier molecular flexibility index (Phi) is 7.69. The fourth-order valence-corrected chi connectivity index (χ4v) is 4.84. The molecule has 1 aliphatic heterocycles. The van der Waals surface area contributed by atoms with Crippen LogP contribution in [-0.2, 0) is 11.0 Å². The molecular weight excluding hydrogens is 542 g/mol. The molecule has 2 aliphatic rings. The summed E-state index contributed by atoms with van der Waals surface area (Å²) in [6, 6.07) is 12.4. The Labute approximate surface area is 234 Å². The van der Waals surface area contributed by atoms with Gasteiger partial charge in [0.1, 0.15) is 5.82 Å². The molecule has 0 bridgehead atoms. The number of carbonyl (C=O) groups excluding carboxylic acids is 1. The first-order chi connectivity index (χ1) is 19.4. The van der Waals surface area contributed by atoms with Gasteiger partial charge in [0.15, 0.2) is 11.5 Å². The third-order valence-electron chi connectivity index (χ3n) is 7.67. The summed E-state index contributed by atoms with van der Waals surface area (Å²) in [5, 5.41) is 16.7. The summed E-state index contributed by atoms with van der Waals surface area (Å²) in [6.07, 6.45) is -2.64. The van der Waals surface area contributed by atoms with Crippen LogP contribution >= 0.6 is 0 Å². The van der Waals surface area contributed by atoms with Crippen LogP contribution in [0, 0.1) is 5.82 Å². The summed E-state index contributed by atoms with van der Waals surface area (Å²) in [5.74, 6) is -0.642. The molecule has 3 aromatic rings. The van der Waals surface area contributed by atoms with Crippen molar-refractivity contribution in [2.75, 3.05) is 26.7 Å². The molecule has 11 heteroatoms. The predicted octanol–water partition coefficient (Wildman–Crippen LogP) is 4.87. The Morgan fingerprint density at radius 2 is 1.85 bits per heavy atom. The monoisotopic (exact) mass is 573 g/mol. The number of hydrogen-bond acceptors (Lipinski definition) is 6. The number of aliphatic hydroxyl groups is 1. The van der Waals surface area contributed by atoms with Crippen LogP contribution in [0.15, 0.2) is 54.6 Å². The average Bonchev–Trinajstić information content (AvgIpc) is 3.66. The second kappa shape index (κ2) is 10.9. The van der Waals surface area contributed by atoms with Gasteiger partial charge in [-0.2, -0.15) is 13.2 Å². The number of hydrogen-bond donors (Lipinski definition) is 3. The normalized spacial score (nSPS) is 20.4. The molecule has 0 spiro atoms. The molecule has 1 aliphatic carbocycles. The molecule has 2 fully saturated rings. The van der Waals surface area contributed by atoms with E-state index in [0.29, 0.717) is 36.4 Å². The van der Waals surface area contributed by atoms with Gasteiger partial charge < -0.3 is 25.2 Å². The molecule has 2 heterocycles. The van der Waals surface area contributed by atoms with Gasteiger partial charge in [-0.3, -0.25) is 4.79 Å². The van der Waals surface area contributed by atoms with Crippen LogP contribution < -0.4 is 20.1 Å². The molecule has 5 rings (SSSR count). The number of ether oxygens (including phenoxy) is 2. The zero-order valence-electron chi connectivity index (χ0n) is 22.6. The molecule has 1 saturated heterocycles. The number of benzene rings is 2. The number of halogens is 4. The van der Waals surface area contributed by atoms with Gasteiger partial charge >= 0.3 is 6.18 Å². The standard InChI is InChI=1S/C30H31F4N3O4/c1-28(11-12-35-16-28)20-14-23(18-3-6-21(31)7-4-18)37-26(15-20)29(39,30(32,33)34)17-36-27(38)19-5-10-24(25(13-19)40-2)41-22-8-9-22/h3-7,10,13-15,22,35,39H,8-9,11-12,16-17H2,1-2H3,(H,36,38). The average molecular weight is 574 g/mol. The van der Waals surface area contributed by atoms with Crippen LogP contribution in [0.3, 0.4) is 0 Å². The Morgan fingerprint density at radius 1 is 1.12 bits per heavy atom. The summed E-state index contributed by atoms with van der Waals surface area (Å²) in [4.78, 5) is 17.2. The van der Waals surface area contributed by atoms with Crippen LogP contribution in [0.4, 0.5) is 17.6 Å². The minimum Gasteiger partial charge on any atom is -0.493 e. The lowest BCUT2D eigenvalue weighted by Crippen LogP contribution is -2.51. The van der Waals surface area contributed by atoms with Gasteiger partial charge in [-0.1, -0.05) is 6.92 Å². The van der Waals surface area contributed by atoms with Crippen LogP contribution in [0.2, 0.25) is 0 Å². The van der Waals surface area contributed by atoms with E-state index in [9.17, 15) is 27.5 Å². The van der Waals surface area contributed by atoms with Crippen molar-refractivity contribution in [3.63, 3.8) is 0 Å². The summed E-state index contributed by atoms with van der Waals surface area (Å²) in [5.41, 5.74) is -3.60.